The fourth-order valence-electron chi connectivity index (χ4n) is 5.38. The molecular weight excluding hydrogens is 334 g/mol. The van der Waals surface area contributed by atoms with Crippen LogP contribution >= 0.6 is 0 Å². The number of hydrogen-bond donors (Lipinski definition) is 2. The summed E-state index contributed by atoms with van der Waals surface area (Å²) in [4.78, 5) is 0. The molecule has 0 aromatic heterocycles. The van der Waals surface area contributed by atoms with Gasteiger partial charge in [-0.15, -0.1) is 0 Å². The molecule has 3 nitrogen and oxygen atoms in total. The number of fused-ring (bicyclic) bond motifs is 4. The van der Waals surface area contributed by atoms with E-state index < -0.39 is 0 Å². The van der Waals surface area contributed by atoms with Crippen LogP contribution < -0.4 is 10.1 Å². The summed E-state index contributed by atoms with van der Waals surface area (Å²) >= 11 is 0. The standard InChI is InChI=1S/C24H31NO2/c1-24-13-4-3-5-19(15-18-8-9-20(26)16-22(18)24)23(24)25-14-12-17-6-10-21(27-2)11-7-17/h6-11,16,19,23,25-26H,3-5,12-15H2,1-2H3/t19-,23+,24+/m1/s1. The van der Waals surface area contributed by atoms with E-state index in [2.05, 4.69) is 30.4 Å². The zero-order valence-corrected chi connectivity index (χ0v) is 16.5. The fraction of sp³-hybridized carbons (Fsp3) is 0.500. The first-order chi connectivity index (χ1) is 13.1. The maximum atomic E-state index is 10.1. The summed E-state index contributed by atoms with van der Waals surface area (Å²) in [5, 5.41) is 14.0. The zero-order valence-electron chi connectivity index (χ0n) is 16.5. The van der Waals surface area contributed by atoms with Gasteiger partial charge in [0.1, 0.15) is 11.5 Å². The van der Waals surface area contributed by atoms with Gasteiger partial charge in [0.25, 0.3) is 0 Å². The molecule has 0 heterocycles. The zero-order chi connectivity index (χ0) is 18.9. The summed E-state index contributed by atoms with van der Waals surface area (Å²) in [6.07, 6.45) is 7.24. The lowest BCUT2D eigenvalue weighted by Crippen LogP contribution is -2.54. The highest BCUT2D eigenvalue weighted by molar-refractivity contribution is 5.44. The third-order valence-electron chi connectivity index (χ3n) is 6.81. The number of hydrogen-bond acceptors (Lipinski definition) is 3. The molecule has 2 bridgehead atoms. The molecule has 144 valence electrons. The second-order valence-corrected chi connectivity index (χ2v) is 8.50. The van der Waals surface area contributed by atoms with Crippen molar-refractivity contribution in [3.63, 3.8) is 0 Å². The number of nitrogens with one attached hydrogen (secondary N) is 1. The van der Waals surface area contributed by atoms with Gasteiger partial charge in [0, 0.05) is 11.5 Å². The molecule has 2 aliphatic rings. The van der Waals surface area contributed by atoms with Crippen LogP contribution in [0.15, 0.2) is 42.5 Å². The van der Waals surface area contributed by atoms with E-state index >= 15 is 0 Å². The Bertz CT molecular complexity index is 785. The van der Waals surface area contributed by atoms with E-state index in [0.717, 1.165) is 25.1 Å². The molecule has 2 N–H and O–H groups in total. The van der Waals surface area contributed by atoms with Crippen LogP contribution in [0.4, 0.5) is 0 Å². The Morgan fingerprint density at radius 2 is 1.96 bits per heavy atom. The molecule has 0 aliphatic heterocycles. The van der Waals surface area contributed by atoms with Gasteiger partial charge in [0.15, 0.2) is 0 Å². The number of rotatable bonds is 5. The minimum atomic E-state index is 0.105. The Morgan fingerprint density at radius 3 is 2.74 bits per heavy atom. The van der Waals surface area contributed by atoms with Crippen molar-refractivity contribution in [3.8, 4) is 11.5 Å². The van der Waals surface area contributed by atoms with Crippen molar-refractivity contribution >= 4 is 0 Å². The van der Waals surface area contributed by atoms with E-state index in [1.165, 1.54) is 42.4 Å². The number of phenolic OH excluding ortho intramolecular Hbond substituents is 1. The SMILES string of the molecule is COc1ccc(CCN[C@H]2[C@@H]3CCCC[C@@]2(C)c2cc(O)ccc2C3)cc1. The van der Waals surface area contributed by atoms with Gasteiger partial charge in [-0.2, -0.15) is 0 Å². The molecule has 1 fully saturated rings. The van der Waals surface area contributed by atoms with Crippen molar-refractivity contribution in [1.82, 2.24) is 5.32 Å². The second-order valence-electron chi connectivity index (χ2n) is 8.50. The lowest BCUT2D eigenvalue weighted by atomic mass is 9.62. The van der Waals surface area contributed by atoms with E-state index in [4.69, 9.17) is 4.74 Å². The first-order valence-electron chi connectivity index (χ1n) is 10.3. The molecular formula is C24H31NO2. The molecule has 0 saturated heterocycles. The predicted molar refractivity (Wildman–Crippen MR) is 110 cm³/mol. The molecule has 1 saturated carbocycles. The maximum absolute atomic E-state index is 10.1. The molecule has 2 aromatic carbocycles. The highest BCUT2D eigenvalue weighted by atomic mass is 16.5. The van der Waals surface area contributed by atoms with Gasteiger partial charge in [-0.25, -0.2) is 0 Å². The van der Waals surface area contributed by atoms with E-state index in [1.54, 1.807) is 7.11 Å². The van der Waals surface area contributed by atoms with Crippen molar-refractivity contribution in [1.29, 1.82) is 0 Å². The lowest BCUT2D eigenvalue weighted by molar-refractivity contribution is 0.210. The molecule has 0 unspecified atom stereocenters. The van der Waals surface area contributed by atoms with Crippen LogP contribution in [-0.4, -0.2) is 24.8 Å². The van der Waals surface area contributed by atoms with Crippen LogP contribution in [0.5, 0.6) is 11.5 Å². The average molecular weight is 366 g/mol. The number of methoxy groups -OCH3 is 1. The summed E-state index contributed by atoms with van der Waals surface area (Å²) in [6, 6.07) is 14.9. The van der Waals surface area contributed by atoms with Gasteiger partial charge in [0.05, 0.1) is 7.11 Å². The largest absolute Gasteiger partial charge is 0.508 e. The van der Waals surface area contributed by atoms with Crippen molar-refractivity contribution in [2.45, 2.75) is 56.9 Å². The predicted octanol–water partition coefficient (Wildman–Crippen LogP) is 4.61. The van der Waals surface area contributed by atoms with Crippen molar-refractivity contribution in [2.75, 3.05) is 13.7 Å². The quantitative estimate of drug-likeness (QED) is 0.813. The number of ether oxygens (including phenoxy) is 1. The molecule has 27 heavy (non-hydrogen) atoms. The van der Waals surface area contributed by atoms with Crippen LogP contribution in [-0.2, 0) is 18.3 Å². The van der Waals surface area contributed by atoms with Crippen LogP contribution in [0.3, 0.4) is 0 Å². The highest BCUT2D eigenvalue weighted by Gasteiger charge is 2.46. The minimum Gasteiger partial charge on any atom is -0.508 e. The van der Waals surface area contributed by atoms with E-state index in [1.807, 2.05) is 24.3 Å². The van der Waals surface area contributed by atoms with Gasteiger partial charge in [-0.05, 0) is 79.1 Å². The van der Waals surface area contributed by atoms with Gasteiger partial charge in [-0.3, -0.25) is 0 Å². The lowest BCUT2D eigenvalue weighted by Gasteiger charge is -2.47. The first-order valence-corrected chi connectivity index (χ1v) is 10.3. The molecule has 4 rings (SSSR count). The first kappa shape index (κ1) is 18.4. The summed E-state index contributed by atoms with van der Waals surface area (Å²) in [5.41, 5.74) is 4.25. The molecule has 2 aromatic rings. The van der Waals surface area contributed by atoms with Gasteiger partial charge in [0.2, 0.25) is 0 Å². The van der Waals surface area contributed by atoms with Gasteiger partial charge < -0.3 is 15.2 Å². The average Bonchev–Trinajstić information content (AvgIpc) is 2.79. The Balaban J connectivity index is 1.52. The normalized spacial score (nSPS) is 26.9. The topological polar surface area (TPSA) is 41.5 Å². The van der Waals surface area contributed by atoms with Crippen LogP contribution in [0.1, 0.15) is 49.3 Å². The summed E-state index contributed by atoms with van der Waals surface area (Å²) in [7, 11) is 1.71. The Hall–Kier alpha value is -2.00. The smallest absolute Gasteiger partial charge is 0.118 e. The fourth-order valence-corrected chi connectivity index (χ4v) is 5.38. The number of aromatic hydroxyl groups is 1. The van der Waals surface area contributed by atoms with E-state index in [-0.39, 0.29) is 5.41 Å². The third kappa shape index (κ3) is 3.58. The molecule has 3 heteroatoms. The van der Waals surface area contributed by atoms with Gasteiger partial charge in [-0.1, -0.05) is 38.0 Å². The highest BCUT2D eigenvalue weighted by Crippen LogP contribution is 2.48. The summed E-state index contributed by atoms with van der Waals surface area (Å²) < 4.78 is 5.25. The third-order valence-corrected chi connectivity index (χ3v) is 6.81. The molecule has 0 amide bonds. The molecule has 3 atom stereocenters. The van der Waals surface area contributed by atoms with Crippen molar-refractivity contribution in [2.24, 2.45) is 5.92 Å². The van der Waals surface area contributed by atoms with Crippen molar-refractivity contribution < 1.29 is 9.84 Å². The number of benzene rings is 2. The van der Waals surface area contributed by atoms with E-state index in [9.17, 15) is 5.11 Å². The molecule has 2 aliphatic carbocycles. The van der Waals surface area contributed by atoms with Gasteiger partial charge >= 0.3 is 0 Å². The van der Waals surface area contributed by atoms with Crippen LogP contribution in [0, 0.1) is 5.92 Å². The molecule has 0 radical (unpaired) electrons. The Labute approximate surface area is 162 Å². The minimum absolute atomic E-state index is 0.105. The van der Waals surface area contributed by atoms with Crippen LogP contribution in [0.25, 0.3) is 0 Å². The van der Waals surface area contributed by atoms with Crippen LogP contribution in [0.2, 0.25) is 0 Å². The Kier molecular flexibility index (Phi) is 5.14. The second kappa shape index (κ2) is 7.55. The Morgan fingerprint density at radius 1 is 1.15 bits per heavy atom. The summed E-state index contributed by atoms with van der Waals surface area (Å²) in [5.74, 6) is 1.99. The number of phenols is 1. The maximum Gasteiger partial charge on any atom is 0.118 e. The summed E-state index contributed by atoms with van der Waals surface area (Å²) in [6.45, 7) is 3.39. The molecule has 0 spiro atoms. The van der Waals surface area contributed by atoms with E-state index in [0.29, 0.717) is 17.7 Å². The monoisotopic (exact) mass is 365 g/mol. The van der Waals surface area contributed by atoms with Crippen molar-refractivity contribution in [3.05, 3.63) is 59.2 Å².